The fraction of sp³-hybridized carbons (Fsp3) is 0.857. The minimum absolute atomic E-state index is 1.07. The van der Waals surface area contributed by atoms with Gasteiger partial charge in [0.25, 0.3) is 0 Å². The van der Waals surface area contributed by atoms with E-state index in [0.29, 0.717) is 0 Å². The topological polar surface area (TPSA) is 12.0 Å². The molecule has 0 aromatic carbocycles. The molecule has 0 amide bonds. The normalized spacial score (nSPS) is 9.75. The van der Waals surface area contributed by atoms with E-state index in [0.717, 1.165) is 13.1 Å². The lowest BCUT2D eigenvalue weighted by Crippen LogP contribution is -2.13. The van der Waals surface area contributed by atoms with Crippen molar-refractivity contribution in [3.05, 3.63) is 6.42 Å². The molecule has 0 unspecified atom stereocenters. The maximum absolute atomic E-state index is 3.23. The molecule has 1 heteroatoms. The monoisotopic (exact) mass is 114 g/mol. The number of rotatable bonds is 5. The van der Waals surface area contributed by atoms with Crippen molar-refractivity contribution in [2.24, 2.45) is 0 Å². The summed E-state index contributed by atoms with van der Waals surface area (Å²) in [6.45, 7) is 6.48. The molecule has 0 bridgehead atoms. The highest BCUT2D eigenvalue weighted by molar-refractivity contribution is 4.65. The Kier molecular flexibility index (Phi) is 6.93. The zero-order valence-corrected chi connectivity index (χ0v) is 5.91. The van der Waals surface area contributed by atoms with Crippen LogP contribution in [0.4, 0.5) is 0 Å². The Bertz CT molecular complexity index is 29.4. The van der Waals surface area contributed by atoms with Crippen molar-refractivity contribution in [2.75, 3.05) is 13.1 Å². The second-order valence-electron chi connectivity index (χ2n) is 1.89. The average Bonchev–Trinajstić information content (AvgIpc) is 1.81. The smallest absolute Gasteiger partial charge is 0.00175 e. The summed E-state index contributed by atoms with van der Waals surface area (Å²) in [5.74, 6) is 0. The highest BCUT2D eigenvalue weighted by Gasteiger charge is 1.81. The van der Waals surface area contributed by atoms with E-state index in [4.69, 9.17) is 0 Å². The highest BCUT2D eigenvalue weighted by Crippen LogP contribution is 1.88. The quantitative estimate of drug-likeness (QED) is 0.535. The molecule has 0 aliphatic carbocycles. The summed E-state index contributed by atoms with van der Waals surface area (Å²) < 4.78 is 0. The van der Waals surface area contributed by atoms with Crippen molar-refractivity contribution in [3.63, 3.8) is 0 Å². The number of nitrogens with one attached hydrogen (secondary N) is 1. The van der Waals surface area contributed by atoms with Crippen LogP contribution in [-0.4, -0.2) is 13.1 Å². The van der Waals surface area contributed by atoms with Gasteiger partial charge < -0.3 is 5.32 Å². The third kappa shape index (κ3) is 5.96. The molecule has 0 rings (SSSR count). The third-order valence-corrected chi connectivity index (χ3v) is 1.03. The lowest BCUT2D eigenvalue weighted by atomic mass is 10.2. The first kappa shape index (κ1) is 7.96. The molecule has 0 heterocycles. The molecule has 1 nitrogen and oxygen atoms in total. The van der Waals surface area contributed by atoms with Crippen LogP contribution in [0.2, 0.25) is 0 Å². The minimum Gasteiger partial charge on any atom is -0.317 e. The predicted molar refractivity (Wildman–Crippen MR) is 37.8 cm³/mol. The van der Waals surface area contributed by atoms with Crippen LogP contribution in [-0.2, 0) is 0 Å². The lowest BCUT2D eigenvalue weighted by Gasteiger charge is -1.96. The zero-order valence-electron chi connectivity index (χ0n) is 5.91. The average molecular weight is 114 g/mol. The Morgan fingerprint density at radius 3 is 2.62 bits per heavy atom. The van der Waals surface area contributed by atoms with Gasteiger partial charge in [-0.25, -0.2) is 0 Å². The molecule has 0 aromatic heterocycles. The Balaban J connectivity index is 2.53. The van der Waals surface area contributed by atoms with Crippen LogP contribution < -0.4 is 5.32 Å². The second kappa shape index (κ2) is 6.96. The number of unbranched alkanes of at least 4 members (excludes halogenated alkanes) is 2. The van der Waals surface area contributed by atoms with E-state index in [9.17, 15) is 0 Å². The lowest BCUT2D eigenvalue weighted by molar-refractivity contribution is 0.734. The van der Waals surface area contributed by atoms with Gasteiger partial charge in [0.2, 0.25) is 0 Å². The molecule has 0 fully saturated rings. The third-order valence-electron chi connectivity index (χ3n) is 1.03. The van der Waals surface area contributed by atoms with Gasteiger partial charge in [-0.05, 0) is 25.9 Å². The Morgan fingerprint density at radius 1 is 1.38 bits per heavy atom. The van der Waals surface area contributed by atoms with E-state index in [2.05, 4.69) is 25.6 Å². The molecule has 0 saturated carbocycles. The van der Waals surface area contributed by atoms with Gasteiger partial charge in [-0.15, -0.1) is 0 Å². The number of hydrogen-bond donors (Lipinski definition) is 1. The summed E-state index contributed by atoms with van der Waals surface area (Å²) in [4.78, 5) is 0. The van der Waals surface area contributed by atoms with Crippen molar-refractivity contribution in [1.82, 2.24) is 5.32 Å². The molecule has 8 heavy (non-hydrogen) atoms. The van der Waals surface area contributed by atoms with Gasteiger partial charge in [0.05, 0.1) is 0 Å². The van der Waals surface area contributed by atoms with Gasteiger partial charge in [0.1, 0.15) is 0 Å². The van der Waals surface area contributed by atoms with E-state index >= 15 is 0 Å². The van der Waals surface area contributed by atoms with Gasteiger partial charge in [0.15, 0.2) is 0 Å². The first-order valence-corrected chi connectivity index (χ1v) is 3.44. The summed E-state index contributed by atoms with van der Waals surface area (Å²) in [6.07, 6.45) is 4.79. The summed E-state index contributed by atoms with van der Waals surface area (Å²) in [7, 11) is 0. The summed E-state index contributed by atoms with van der Waals surface area (Å²) in [6, 6.07) is 0. The maximum atomic E-state index is 3.23. The van der Waals surface area contributed by atoms with E-state index < -0.39 is 0 Å². The van der Waals surface area contributed by atoms with Crippen LogP contribution in [0, 0.1) is 6.42 Å². The van der Waals surface area contributed by atoms with Crippen LogP contribution in [0.3, 0.4) is 0 Å². The molecular formula is C7H16N. The fourth-order valence-electron chi connectivity index (χ4n) is 0.553. The molecule has 0 spiro atoms. The van der Waals surface area contributed by atoms with Crippen LogP contribution in [0.5, 0.6) is 0 Å². The van der Waals surface area contributed by atoms with Gasteiger partial charge >= 0.3 is 0 Å². The second-order valence-corrected chi connectivity index (χ2v) is 1.89. The molecule has 1 N–H and O–H groups in total. The first-order chi connectivity index (χ1) is 3.91. The van der Waals surface area contributed by atoms with Crippen molar-refractivity contribution in [2.45, 2.75) is 26.7 Å². The van der Waals surface area contributed by atoms with Crippen molar-refractivity contribution in [1.29, 1.82) is 0 Å². The van der Waals surface area contributed by atoms with Gasteiger partial charge in [0, 0.05) is 0 Å². The Morgan fingerprint density at radius 2 is 2.12 bits per heavy atom. The molecule has 0 saturated heterocycles. The van der Waals surface area contributed by atoms with Crippen LogP contribution in [0.15, 0.2) is 0 Å². The van der Waals surface area contributed by atoms with Gasteiger partial charge in [-0.3, -0.25) is 0 Å². The van der Waals surface area contributed by atoms with E-state index in [1.54, 1.807) is 0 Å². The van der Waals surface area contributed by atoms with E-state index in [1.165, 1.54) is 12.8 Å². The fourth-order valence-corrected chi connectivity index (χ4v) is 0.553. The van der Waals surface area contributed by atoms with Gasteiger partial charge in [-0.2, -0.15) is 0 Å². The van der Waals surface area contributed by atoms with Crippen molar-refractivity contribution >= 4 is 0 Å². The van der Waals surface area contributed by atoms with Crippen molar-refractivity contribution in [3.8, 4) is 0 Å². The summed E-state index contributed by atoms with van der Waals surface area (Å²) in [5.41, 5.74) is 0. The molecule has 1 radical (unpaired) electrons. The summed E-state index contributed by atoms with van der Waals surface area (Å²) in [5, 5.41) is 3.23. The van der Waals surface area contributed by atoms with E-state index in [1.807, 2.05) is 0 Å². The van der Waals surface area contributed by atoms with E-state index in [-0.39, 0.29) is 0 Å². The molecule has 0 aliphatic heterocycles. The largest absolute Gasteiger partial charge is 0.317 e. The van der Waals surface area contributed by atoms with Crippen LogP contribution >= 0.6 is 0 Å². The summed E-state index contributed by atoms with van der Waals surface area (Å²) >= 11 is 0. The molecule has 49 valence electrons. The SMILES string of the molecule is CCC[CH]CNCC. The maximum Gasteiger partial charge on any atom is -0.00175 e. The molecule has 0 aromatic rings. The first-order valence-electron chi connectivity index (χ1n) is 3.44. The molecule has 0 atom stereocenters. The predicted octanol–water partition coefficient (Wildman–Crippen LogP) is 1.60. The highest BCUT2D eigenvalue weighted by atomic mass is 14.8. The Labute approximate surface area is 52.5 Å². The number of hydrogen-bond acceptors (Lipinski definition) is 1. The minimum atomic E-state index is 1.07. The van der Waals surface area contributed by atoms with Crippen molar-refractivity contribution < 1.29 is 0 Å². The Hall–Kier alpha value is -0.0400. The van der Waals surface area contributed by atoms with Crippen LogP contribution in [0.1, 0.15) is 26.7 Å². The zero-order chi connectivity index (χ0) is 6.24. The standard InChI is InChI=1S/C7H16N/c1-3-5-6-7-8-4-2/h6,8H,3-5,7H2,1-2H3. The van der Waals surface area contributed by atoms with Crippen LogP contribution in [0.25, 0.3) is 0 Å². The molecular weight excluding hydrogens is 98.1 g/mol. The molecule has 0 aliphatic rings. The van der Waals surface area contributed by atoms with Gasteiger partial charge in [-0.1, -0.05) is 20.3 Å².